The first kappa shape index (κ1) is 21.4. The Kier molecular flexibility index (Phi) is 6.69. The molecule has 2 aromatic carbocycles. The normalized spacial score (nSPS) is 11.6. The minimum atomic E-state index is -0.566. The third-order valence-corrected chi connectivity index (χ3v) is 5.55. The number of thiophene rings is 1. The number of amides is 2. The second-order valence-corrected chi connectivity index (χ2v) is 7.99. The van der Waals surface area contributed by atoms with Crippen molar-refractivity contribution in [3.63, 3.8) is 0 Å². The Morgan fingerprint density at radius 2 is 1.78 bits per heavy atom. The number of fused-ring (bicyclic) bond motifs is 1. The van der Waals surface area contributed by atoms with Gasteiger partial charge in [-0.25, -0.2) is 10.4 Å². The maximum Gasteiger partial charge on any atom is 0.287 e. The van der Waals surface area contributed by atoms with Crippen molar-refractivity contribution >= 4 is 57.9 Å². The number of benzene rings is 2. The van der Waals surface area contributed by atoms with Crippen LogP contribution in [0.1, 0.15) is 20.8 Å². The molecule has 2 amide bonds. The summed E-state index contributed by atoms with van der Waals surface area (Å²) in [6.07, 6.45) is 3.02. The number of nitrogens with one attached hydrogen (secondary N) is 2. The lowest BCUT2D eigenvalue weighted by atomic mass is 10.2. The van der Waals surface area contributed by atoms with E-state index < -0.39 is 11.8 Å². The summed E-state index contributed by atoms with van der Waals surface area (Å²) in [5.41, 5.74) is 4.28. The molecule has 32 heavy (non-hydrogen) atoms. The summed E-state index contributed by atoms with van der Waals surface area (Å²) in [7, 11) is 0. The van der Waals surface area contributed by atoms with E-state index in [0.29, 0.717) is 11.1 Å². The third-order valence-electron chi connectivity index (χ3n) is 4.43. The molecule has 158 valence electrons. The SMILES string of the molecule is O=C(N/N=C/c1cc2ccccc2nc1Cl)/C(=C\c1cccs1)NC(=O)c1ccccc1. The van der Waals surface area contributed by atoms with Gasteiger partial charge in [-0.2, -0.15) is 5.10 Å². The minimum absolute atomic E-state index is 0.0705. The van der Waals surface area contributed by atoms with E-state index >= 15 is 0 Å². The first-order chi connectivity index (χ1) is 15.6. The Bertz CT molecular complexity index is 1320. The van der Waals surface area contributed by atoms with Crippen LogP contribution < -0.4 is 10.7 Å². The average molecular weight is 461 g/mol. The lowest BCUT2D eigenvalue weighted by Crippen LogP contribution is -2.32. The van der Waals surface area contributed by atoms with Crippen molar-refractivity contribution in [3.05, 3.63) is 105 Å². The number of hydrogen-bond acceptors (Lipinski definition) is 5. The highest BCUT2D eigenvalue weighted by Gasteiger charge is 2.14. The van der Waals surface area contributed by atoms with Crippen LogP contribution in [0, 0.1) is 0 Å². The van der Waals surface area contributed by atoms with Crippen LogP contribution in [0.25, 0.3) is 17.0 Å². The monoisotopic (exact) mass is 460 g/mol. The Hall–Kier alpha value is -3.81. The van der Waals surface area contributed by atoms with Crippen LogP contribution in [0.5, 0.6) is 0 Å². The van der Waals surface area contributed by atoms with Crippen molar-refractivity contribution < 1.29 is 9.59 Å². The number of rotatable bonds is 6. The van der Waals surface area contributed by atoms with Gasteiger partial charge in [0.2, 0.25) is 0 Å². The van der Waals surface area contributed by atoms with Crippen molar-refractivity contribution in [2.24, 2.45) is 5.10 Å². The highest BCUT2D eigenvalue weighted by atomic mass is 35.5. The molecule has 0 unspecified atom stereocenters. The predicted octanol–water partition coefficient (Wildman–Crippen LogP) is 4.87. The highest BCUT2D eigenvalue weighted by Crippen LogP contribution is 2.19. The van der Waals surface area contributed by atoms with E-state index in [2.05, 4.69) is 20.8 Å². The number of para-hydroxylation sites is 1. The molecular formula is C24H17ClN4O2S. The lowest BCUT2D eigenvalue weighted by molar-refractivity contribution is -0.117. The minimum Gasteiger partial charge on any atom is -0.317 e. The van der Waals surface area contributed by atoms with Gasteiger partial charge in [0.15, 0.2) is 0 Å². The topological polar surface area (TPSA) is 83.4 Å². The van der Waals surface area contributed by atoms with Crippen molar-refractivity contribution in [2.75, 3.05) is 0 Å². The van der Waals surface area contributed by atoms with Gasteiger partial charge >= 0.3 is 0 Å². The third kappa shape index (κ3) is 5.26. The Balaban J connectivity index is 1.52. The van der Waals surface area contributed by atoms with Gasteiger partial charge in [0.25, 0.3) is 11.8 Å². The van der Waals surface area contributed by atoms with E-state index in [4.69, 9.17) is 11.6 Å². The molecule has 8 heteroatoms. The molecule has 0 aliphatic rings. The number of halogens is 1. The van der Waals surface area contributed by atoms with E-state index in [1.54, 1.807) is 30.3 Å². The van der Waals surface area contributed by atoms with Crippen molar-refractivity contribution in [3.8, 4) is 0 Å². The van der Waals surface area contributed by atoms with Gasteiger partial charge in [0, 0.05) is 21.4 Å². The van der Waals surface area contributed by atoms with Crippen LogP contribution >= 0.6 is 22.9 Å². The summed E-state index contributed by atoms with van der Waals surface area (Å²) in [5.74, 6) is -0.960. The van der Waals surface area contributed by atoms with Gasteiger partial charge in [-0.05, 0) is 41.8 Å². The fourth-order valence-electron chi connectivity index (χ4n) is 2.88. The molecule has 0 bridgehead atoms. The summed E-state index contributed by atoms with van der Waals surface area (Å²) in [6, 6.07) is 21.7. The van der Waals surface area contributed by atoms with E-state index in [0.717, 1.165) is 15.8 Å². The summed E-state index contributed by atoms with van der Waals surface area (Å²) in [5, 5.41) is 9.72. The first-order valence-corrected chi connectivity index (χ1v) is 10.9. The van der Waals surface area contributed by atoms with E-state index in [-0.39, 0.29) is 10.9 Å². The van der Waals surface area contributed by atoms with Gasteiger partial charge in [0.05, 0.1) is 11.7 Å². The zero-order valence-corrected chi connectivity index (χ0v) is 18.2. The summed E-state index contributed by atoms with van der Waals surface area (Å²) < 4.78 is 0. The molecule has 0 atom stereocenters. The molecule has 0 saturated heterocycles. The number of carbonyl (C=O) groups excluding carboxylic acids is 2. The average Bonchev–Trinajstić information content (AvgIpc) is 3.32. The maximum atomic E-state index is 12.8. The van der Waals surface area contributed by atoms with Gasteiger partial charge < -0.3 is 5.32 Å². The Labute approximate surface area is 193 Å². The molecule has 4 rings (SSSR count). The number of nitrogens with zero attached hydrogens (tertiary/aromatic N) is 2. The Morgan fingerprint density at radius 1 is 1.00 bits per heavy atom. The van der Waals surface area contributed by atoms with Crippen LogP contribution in [0.15, 0.2) is 89.0 Å². The molecule has 6 nitrogen and oxygen atoms in total. The molecular weight excluding hydrogens is 444 g/mol. The van der Waals surface area contributed by atoms with Crippen LogP contribution in [0.2, 0.25) is 5.15 Å². The zero-order valence-electron chi connectivity index (χ0n) is 16.7. The lowest BCUT2D eigenvalue weighted by Gasteiger charge is -2.09. The van der Waals surface area contributed by atoms with Crippen LogP contribution in [0.4, 0.5) is 0 Å². The fraction of sp³-hybridized carbons (Fsp3) is 0. The molecule has 0 radical (unpaired) electrons. The second kappa shape index (κ2) is 10.00. The molecule has 4 aromatic rings. The predicted molar refractivity (Wildman–Crippen MR) is 129 cm³/mol. The number of hydrazone groups is 1. The maximum absolute atomic E-state index is 12.8. The van der Waals surface area contributed by atoms with Crippen LogP contribution in [-0.2, 0) is 4.79 Å². The molecule has 0 fully saturated rings. The zero-order chi connectivity index (χ0) is 22.3. The fourth-order valence-corrected chi connectivity index (χ4v) is 3.73. The number of carbonyl (C=O) groups is 2. The molecule has 2 heterocycles. The molecule has 0 aliphatic heterocycles. The smallest absolute Gasteiger partial charge is 0.287 e. The van der Waals surface area contributed by atoms with E-state index in [1.165, 1.54) is 17.6 Å². The quantitative estimate of drug-likeness (QED) is 0.186. The molecule has 2 N–H and O–H groups in total. The second-order valence-electron chi connectivity index (χ2n) is 6.65. The largest absolute Gasteiger partial charge is 0.317 e. The van der Waals surface area contributed by atoms with E-state index in [1.807, 2.05) is 53.9 Å². The van der Waals surface area contributed by atoms with Crippen LogP contribution in [0.3, 0.4) is 0 Å². The van der Waals surface area contributed by atoms with Crippen molar-refractivity contribution in [1.82, 2.24) is 15.7 Å². The van der Waals surface area contributed by atoms with Crippen molar-refractivity contribution in [1.29, 1.82) is 0 Å². The van der Waals surface area contributed by atoms with Crippen LogP contribution in [-0.4, -0.2) is 23.0 Å². The van der Waals surface area contributed by atoms with Crippen molar-refractivity contribution in [2.45, 2.75) is 0 Å². The summed E-state index contributed by atoms with van der Waals surface area (Å²) >= 11 is 7.67. The van der Waals surface area contributed by atoms with Gasteiger partial charge in [0.1, 0.15) is 10.9 Å². The molecule has 0 aliphatic carbocycles. The van der Waals surface area contributed by atoms with Gasteiger partial charge in [-0.3, -0.25) is 9.59 Å². The summed E-state index contributed by atoms with van der Waals surface area (Å²) in [4.78, 5) is 30.5. The number of aromatic nitrogens is 1. The van der Waals surface area contributed by atoms with E-state index in [9.17, 15) is 9.59 Å². The van der Waals surface area contributed by atoms with Gasteiger partial charge in [-0.15, -0.1) is 11.3 Å². The standard InChI is InChI=1S/C24H17ClN4O2S/c25-22-18(13-17-9-4-5-11-20(17)27-22)15-26-29-24(31)21(14-19-10-6-12-32-19)28-23(30)16-7-2-1-3-8-16/h1-15H,(H,28,30)(H,29,31)/b21-14+,26-15+. The molecule has 0 spiro atoms. The number of pyridine rings is 1. The molecule has 0 saturated carbocycles. The Morgan fingerprint density at radius 3 is 2.56 bits per heavy atom. The molecule has 2 aromatic heterocycles. The van der Waals surface area contributed by atoms with Gasteiger partial charge in [-0.1, -0.05) is 54.1 Å². The first-order valence-electron chi connectivity index (χ1n) is 9.60. The number of hydrogen-bond donors (Lipinski definition) is 2. The summed E-state index contributed by atoms with van der Waals surface area (Å²) in [6.45, 7) is 0. The highest BCUT2D eigenvalue weighted by molar-refractivity contribution is 7.10.